The van der Waals surface area contributed by atoms with E-state index in [0.29, 0.717) is 16.6 Å². The summed E-state index contributed by atoms with van der Waals surface area (Å²) in [6, 6.07) is 13.9. The first-order valence-corrected chi connectivity index (χ1v) is 8.61. The van der Waals surface area contributed by atoms with Crippen LogP contribution in [0, 0.1) is 17.1 Å². The zero-order valence-corrected chi connectivity index (χ0v) is 14.8. The molecule has 0 saturated heterocycles. The third-order valence-corrected chi connectivity index (χ3v) is 4.24. The number of carboxylic acids is 1. The number of fused-ring (bicyclic) bond motifs is 1. The third kappa shape index (κ3) is 3.87. The highest BCUT2D eigenvalue weighted by Gasteiger charge is 2.17. The van der Waals surface area contributed by atoms with Gasteiger partial charge in [0.25, 0.3) is 0 Å². The molecule has 2 aromatic carbocycles. The molecule has 1 heterocycles. The normalized spacial score (nSPS) is 10.6. The summed E-state index contributed by atoms with van der Waals surface area (Å²) in [4.78, 5) is 15.5. The van der Waals surface area contributed by atoms with Gasteiger partial charge in [-0.3, -0.25) is 4.79 Å². The van der Waals surface area contributed by atoms with Crippen molar-refractivity contribution < 1.29 is 14.3 Å². The van der Waals surface area contributed by atoms with Crippen LogP contribution in [0.2, 0.25) is 0 Å². The SMILES string of the molecule is CCCc1ccc(-c2nc3ccc(F)cc3c(NCC(=O)O)c2C#N)cc1. The molecule has 0 amide bonds. The van der Waals surface area contributed by atoms with Crippen LogP contribution in [0.5, 0.6) is 0 Å². The van der Waals surface area contributed by atoms with Crippen LogP contribution in [0.15, 0.2) is 42.5 Å². The second-order valence-electron chi connectivity index (χ2n) is 6.18. The van der Waals surface area contributed by atoms with Crippen LogP contribution >= 0.6 is 0 Å². The minimum Gasteiger partial charge on any atom is -0.480 e. The molecule has 6 heteroatoms. The van der Waals surface area contributed by atoms with Crippen molar-refractivity contribution in [3.63, 3.8) is 0 Å². The van der Waals surface area contributed by atoms with Gasteiger partial charge in [-0.2, -0.15) is 5.26 Å². The number of aryl methyl sites for hydroxylation is 1. The smallest absolute Gasteiger partial charge is 0.322 e. The zero-order chi connectivity index (χ0) is 19.4. The topological polar surface area (TPSA) is 86.0 Å². The minimum atomic E-state index is -1.08. The summed E-state index contributed by atoms with van der Waals surface area (Å²) in [5.74, 6) is -1.56. The molecule has 2 N–H and O–H groups in total. The Morgan fingerprint density at radius 1 is 1.26 bits per heavy atom. The predicted molar refractivity (Wildman–Crippen MR) is 102 cm³/mol. The van der Waals surface area contributed by atoms with Gasteiger partial charge in [-0.15, -0.1) is 0 Å². The van der Waals surface area contributed by atoms with Gasteiger partial charge >= 0.3 is 5.97 Å². The quantitative estimate of drug-likeness (QED) is 0.679. The summed E-state index contributed by atoms with van der Waals surface area (Å²) in [6.07, 6.45) is 1.99. The molecular weight excluding hydrogens is 345 g/mol. The fourth-order valence-electron chi connectivity index (χ4n) is 3.02. The molecule has 0 atom stereocenters. The van der Waals surface area contributed by atoms with Crippen molar-refractivity contribution >= 4 is 22.6 Å². The van der Waals surface area contributed by atoms with E-state index in [4.69, 9.17) is 5.11 Å². The molecule has 0 radical (unpaired) electrons. The van der Waals surface area contributed by atoms with E-state index in [1.165, 1.54) is 23.8 Å². The van der Waals surface area contributed by atoms with Crippen molar-refractivity contribution in [2.24, 2.45) is 0 Å². The van der Waals surface area contributed by atoms with E-state index in [9.17, 15) is 14.4 Å². The number of nitrogens with zero attached hydrogens (tertiary/aromatic N) is 2. The second-order valence-corrected chi connectivity index (χ2v) is 6.18. The van der Waals surface area contributed by atoms with Crippen molar-refractivity contribution in [3.8, 4) is 17.3 Å². The molecule has 0 aliphatic carbocycles. The first kappa shape index (κ1) is 18.3. The fourth-order valence-corrected chi connectivity index (χ4v) is 3.02. The maximum atomic E-state index is 13.7. The van der Waals surface area contributed by atoms with Crippen molar-refractivity contribution in [2.45, 2.75) is 19.8 Å². The Bertz CT molecular complexity index is 1040. The van der Waals surface area contributed by atoms with Crippen molar-refractivity contribution in [2.75, 3.05) is 11.9 Å². The molecule has 3 rings (SSSR count). The van der Waals surface area contributed by atoms with Gasteiger partial charge in [-0.1, -0.05) is 37.6 Å². The average molecular weight is 363 g/mol. The van der Waals surface area contributed by atoms with E-state index < -0.39 is 11.8 Å². The number of carboxylic acid groups (broad SMARTS) is 1. The van der Waals surface area contributed by atoms with E-state index in [1.54, 1.807) is 0 Å². The second kappa shape index (κ2) is 7.83. The van der Waals surface area contributed by atoms with Crippen LogP contribution in [0.1, 0.15) is 24.5 Å². The van der Waals surface area contributed by atoms with E-state index in [2.05, 4.69) is 23.3 Å². The lowest BCUT2D eigenvalue weighted by Crippen LogP contribution is -2.14. The number of carbonyl (C=O) groups is 1. The number of rotatable bonds is 6. The van der Waals surface area contributed by atoms with Gasteiger partial charge in [0.15, 0.2) is 0 Å². The first-order chi connectivity index (χ1) is 13.0. The van der Waals surface area contributed by atoms with Crippen LogP contribution in [-0.4, -0.2) is 22.6 Å². The monoisotopic (exact) mass is 363 g/mol. The molecule has 5 nitrogen and oxygen atoms in total. The van der Waals surface area contributed by atoms with E-state index in [1.807, 2.05) is 24.3 Å². The lowest BCUT2D eigenvalue weighted by molar-refractivity contribution is -0.134. The van der Waals surface area contributed by atoms with E-state index in [0.717, 1.165) is 18.4 Å². The summed E-state index contributed by atoms with van der Waals surface area (Å²) in [6.45, 7) is 1.71. The number of aromatic nitrogens is 1. The summed E-state index contributed by atoms with van der Waals surface area (Å²) in [5.41, 5.74) is 3.32. The zero-order valence-electron chi connectivity index (χ0n) is 14.8. The number of benzene rings is 2. The predicted octanol–water partition coefficient (Wildman–Crippen LogP) is 4.36. The van der Waals surface area contributed by atoms with Gasteiger partial charge in [-0.25, -0.2) is 9.37 Å². The number of hydrogen-bond donors (Lipinski definition) is 2. The molecule has 27 heavy (non-hydrogen) atoms. The Balaban J connectivity index is 2.21. The largest absolute Gasteiger partial charge is 0.480 e. The Labute approximate surface area is 156 Å². The Hall–Kier alpha value is -3.46. The molecule has 3 aromatic rings. The number of hydrogen-bond acceptors (Lipinski definition) is 4. The lowest BCUT2D eigenvalue weighted by Gasteiger charge is -2.14. The standard InChI is InChI=1S/C21H18FN3O2/c1-2-3-13-4-6-14(7-5-13)20-17(11-23)21(24-12-19(26)27)16-10-15(22)8-9-18(16)25-20/h4-10H,2-3,12H2,1H3,(H,24,25)(H,26,27). The summed E-state index contributed by atoms with van der Waals surface area (Å²) < 4.78 is 13.7. The number of nitrogens with one attached hydrogen (secondary N) is 1. The van der Waals surface area contributed by atoms with Gasteiger partial charge in [-0.05, 0) is 30.2 Å². The fraction of sp³-hybridized carbons (Fsp3) is 0.190. The van der Waals surface area contributed by atoms with Crippen LogP contribution in [0.25, 0.3) is 22.2 Å². The summed E-state index contributed by atoms with van der Waals surface area (Å²) in [7, 11) is 0. The number of nitriles is 1. The lowest BCUT2D eigenvalue weighted by atomic mass is 9.99. The maximum absolute atomic E-state index is 13.7. The number of pyridine rings is 1. The van der Waals surface area contributed by atoms with Crippen molar-refractivity contribution in [1.29, 1.82) is 5.26 Å². The van der Waals surface area contributed by atoms with Crippen LogP contribution in [0.4, 0.5) is 10.1 Å². The molecule has 0 fully saturated rings. The minimum absolute atomic E-state index is 0.192. The highest BCUT2D eigenvalue weighted by molar-refractivity contribution is 5.98. The summed E-state index contributed by atoms with van der Waals surface area (Å²) in [5, 5.41) is 21.8. The average Bonchev–Trinajstić information content (AvgIpc) is 2.66. The molecule has 0 spiro atoms. The highest BCUT2D eigenvalue weighted by atomic mass is 19.1. The summed E-state index contributed by atoms with van der Waals surface area (Å²) >= 11 is 0. The van der Waals surface area contributed by atoms with Crippen molar-refractivity contribution in [1.82, 2.24) is 4.98 Å². The third-order valence-electron chi connectivity index (χ3n) is 4.24. The first-order valence-electron chi connectivity index (χ1n) is 8.61. The van der Waals surface area contributed by atoms with Crippen LogP contribution in [-0.2, 0) is 11.2 Å². The molecular formula is C21H18FN3O2. The maximum Gasteiger partial charge on any atom is 0.322 e. The van der Waals surface area contributed by atoms with Gasteiger partial charge in [0, 0.05) is 10.9 Å². The van der Waals surface area contributed by atoms with Crippen LogP contribution in [0.3, 0.4) is 0 Å². The number of aliphatic carboxylic acids is 1. The van der Waals surface area contributed by atoms with Gasteiger partial charge in [0.2, 0.25) is 0 Å². The van der Waals surface area contributed by atoms with Gasteiger partial charge < -0.3 is 10.4 Å². The molecule has 0 aliphatic rings. The van der Waals surface area contributed by atoms with Gasteiger partial charge in [0.1, 0.15) is 24.0 Å². The van der Waals surface area contributed by atoms with Crippen LogP contribution < -0.4 is 5.32 Å². The molecule has 0 saturated carbocycles. The number of anilines is 1. The molecule has 0 aliphatic heterocycles. The Morgan fingerprint density at radius 3 is 2.63 bits per heavy atom. The Morgan fingerprint density at radius 2 is 2.00 bits per heavy atom. The molecule has 0 unspecified atom stereocenters. The van der Waals surface area contributed by atoms with Gasteiger partial charge in [0.05, 0.1) is 16.9 Å². The van der Waals surface area contributed by atoms with E-state index in [-0.39, 0.29) is 17.8 Å². The highest BCUT2D eigenvalue weighted by Crippen LogP contribution is 2.34. The van der Waals surface area contributed by atoms with Crippen molar-refractivity contribution in [3.05, 3.63) is 59.4 Å². The molecule has 136 valence electrons. The Kier molecular flexibility index (Phi) is 5.32. The molecule has 0 bridgehead atoms. The number of halogens is 1. The van der Waals surface area contributed by atoms with E-state index >= 15 is 0 Å². The molecule has 1 aromatic heterocycles.